The Morgan fingerprint density at radius 1 is 0.394 bits per heavy atom. The highest BCUT2D eigenvalue weighted by molar-refractivity contribution is 7.39. The topological polar surface area (TPSA) is 129 Å². The highest BCUT2D eigenvalue weighted by atomic mass is 31.2. The normalized spacial score (nSPS) is 15.4. The molecule has 0 saturated heterocycles. The number of hydrogen-bond acceptors (Lipinski definition) is 8. The monoisotopic (exact) mass is 1020 g/mol. The Bertz CT molecular complexity index is 2390. The number of rotatable bonds is 13. The molecular formula is C61H94O8P2. The number of ether oxygens (including phenoxy) is 1. The van der Waals surface area contributed by atoms with Crippen molar-refractivity contribution >= 4 is 17.2 Å². The van der Waals surface area contributed by atoms with Gasteiger partial charge in [-0.05, 0) is 99.5 Å². The van der Waals surface area contributed by atoms with Gasteiger partial charge in [0.25, 0.3) is 0 Å². The van der Waals surface area contributed by atoms with E-state index in [-0.39, 0.29) is 21.7 Å². The third-order valence-corrected chi connectivity index (χ3v) is 15.0. The van der Waals surface area contributed by atoms with Gasteiger partial charge in [-0.25, -0.2) is 0 Å². The van der Waals surface area contributed by atoms with Crippen LogP contribution >= 0.6 is 17.2 Å². The van der Waals surface area contributed by atoms with Crippen LogP contribution in [0.3, 0.4) is 0 Å². The zero-order valence-corrected chi connectivity index (χ0v) is 50.1. The second-order valence-electron chi connectivity index (χ2n) is 28.4. The summed E-state index contributed by atoms with van der Waals surface area (Å²) in [7, 11) is -6.23. The van der Waals surface area contributed by atoms with Crippen molar-refractivity contribution in [2.24, 2.45) is 5.41 Å². The van der Waals surface area contributed by atoms with E-state index in [1.165, 1.54) is 0 Å². The van der Waals surface area contributed by atoms with Crippen LogP contribution in [0.1, 0.15) is 233 Å². The van der Waals surface area contributed by atoms with Crippen LogP contribution < -0.4 is 4.74 Å². The van der Waals surface area contributed by atoms with Gasteiger partial charge in [-0.2, -0.15) is 0 Å². The van der Waals surface area contributed by atoms with E-state index in [2.05, 4.69) is 221 Å². The van der Waals surface area contributed by atoms with E-state index < -0.39 is 69.2 Å². The van der Waals surface area contributed by atoms with Crippen molar-refractivity contribution in [1.29, 1.82) is 0 Å². The smallest absolute Gasteiger partial charge is 0.327 e. The van der Waals surface area contributed by atoms with E-state index in [0.29, 0.717) is 22.4 Å². The van der Waals surface area contributed by atoms with Crippen molar-refractivity contribution in [3.63, 3.8) is 0 Å². The zero-order valence-electron chi connectivity index (χ0n) is 48.3. The zero-order chi connectivity index (χ0) is 54.7. The predicted molar refractivity (Wildman–Crippen MR) is 299 cm³/mol. The Hall–Kier alpha value is -2.74. The number of hydrogen-bond donors (Lipinski definition) is 5. The van der Waals surface area contributed by atoms with Gasteiger partial charge >= 0.3 is 17.2 Å². The molecule has 4 rings (SSSR count). The fourth-order valence-corrected chi connectivity index (χ4v) is 10.7. The fraction of sp³-hybridized carbons (Fsp3) is 0.607. The molecule has 396 valence electrons. The van der Waals surface area contributed by atoms with E-state index in [9.17, 15) is 24.7 Å². The van der Waals surface area contributed by atoms with Gasteiger partial charge in [0.2, 0.25) is 0 Å². The molecule has 71 heavy (non-hydrogen) atoms. The Labute approximate surface area is 433 Å². The van der Waals surface area contributed by atoms with Crippen molar-refractivity contribution in [2.75, 3.05) is 13.2 Å². The van der Waals surface area contributed by atoms with E-state index in [0.717, 1.165) is 44.5 Å². The molecule has 2 atom stereocenters. The third-order valence-electron chi connectivity index (χ3n) is 14.2. The van der Waals surface area contributed by atoms with Gasteiger partial charge in [-0.1, -0.05) is 233 Å². The number of benzene rings is 4. The van der Waals surface area contributed by atoms with Gasteiger partial charge in [0.15, 0.2) is 5.60 Å². The lowest BCUT2D eigenvalue weighted by Gasteiger charge is -2.56. The van der Waals surface area contributed by atoms with Crippen molar-refractivity contribution < 1.29 is 38.5 Å². The largest absolute Gasteiger partial charge is 0.477 e. The van der Waals surface area contributed by atoms with Crippen LogP contribution in [0.25, 0.3) is 0 Å². The molecule has 4 aromatic rings. The Kier molecular flexibility index (Phi) is 17.8. The predicted octanol–water partition coefficient (Wildman–Crippen LogP) is 15.6. The van der Waals surface area contributed by atoms with E-state index in [1.54, 1.807) is 0 Å². The maximum Gasteiger partial charge on any atom is 0.327 e. The van der Waals surface area contributed by atoms with Gasteiger partial charge in [-0.3, -0.25) is 0 Å². The van der Waals surface area contributed by atoms with E-state index in [1.807, 2.05) is 18.2 Å². The van der Waals surface area contributed by atoms with Crippen LogP contribution in [-0.2, 0) is 58.0 Å². The van der Waals surface area contributed by atoms with Crippen LogP contribution in [-0.4, -0.2) is 37.9 Å². The molecule has 0 heterocycles. The van der Waals surface area contributed by atoms with Crippen molar-refractivity contribution in [3.05, 3.63) is 134 Å². The maximum atomic E-state index is 13.2. The van der Waals surface area contributed by atoms with E-state index >= 15 is 0 Å². The summed E-state index contributed by atoms with van der Waals surface area (Å²) in [4.78, 5) is 45.2. The molecule has 2 unspecified atom stereocenters. The second-order valence-corrected chi connectivity index (χ2v) is 29.9. The first-order valence-electron chi connectivity index (χ1n) is 25.4. The summed E-state index contributed by atoms with van der Waals surface area (Å²) in [6, 6.07) is 25.5. The molecule has 10 heteroatoms. The highest BCUT2D eigenvalue weighted by Crippen LogP contribution is 2.63. The minimum absolute atomic E-state index is 0.219. The summed E-state index contributed by atoms with van der Waals surface area (Å²) in [6.07, 6.45) is -1.44. The van der Waals surface area contributed by atoms with Crippen LogP contribution in [0.5, 0.6) is 5.75 Å². The summed E-state index contributed by atoms with van der Waals surface area (Å²) in [5, 5.41) is 13.2. The SMILES string of the molecule is CC(C)(C)c1ccc(OC(c2ccc(C(C)(C)C)cc2C(C)(C)C)(c2ccc(C(C)(C)C)cc2C(C)(C)C)C(CO)(COP(O)O)C(OP(O)O)c2ccc(C(C)(C)C)cc2C(C)(C)C)c(C(C)(C)C)c1. The molecule has 0 saturated carbocycles. The Balaban J connectivity index is 2.68. The van der Waals surface area contributed by atoms with Crippen LogP contribution in [0, 0.1) is 5.41 Å². The minimum atomic E-state index is -3.17. The van der Waals surface area contributed by atoms with Crippen molar-refractivity contribution in [2.45, 2.75) is 221 Å². The number of aliphatic hydroxyl groups excluding tert-OH is 1. The maximum absolute atomic E-state index is 13.2. The van der Waals surface area contributed by atoms with Crippen LogP contribution in [0.15, 0.2) is 72.8 Å². The summed E-state index contributed by atoms with van der Waals surface area (Å²) in [5.74, 6) is 0.534. The lowest BCUT2D eigenvalue weighted by atomic mass is 9.56. The minimum Gasteiger partial charge on any atom is -0.477 e. The lowest BCUT2D eigenvalue weighted by molar-refractivity contribution is -0.152. The summed E-state index contributed by atoms with van der Waals surface area (Å²) in [5.41, 5.74) is 2.71. The Morgan fingerprint density at radius 3 is 1.06 bits per heavy atom. The van der Waals surface area contributed by atoms with Crippen molar-refractivity contribution in [3.8, 4) is 5.75 Å². The molecule has 0 aliphatic rings. The second kappa shape index (κ2) is 20.8. The average Bonchev–Trinajstić information content (AvgIpc) is 3.19. The first-order chi connectivity index (χ1) is 31.8. The molecule has 0 amide bonds. The molecule has 0 aromatic heterocycles. The molecule has 0 bridgehead atoms. The molecule has 8 nitrogen and oxygen atoms in total. The summed E-state index contributed by atoms with van der Waals surface area (Å²) >= 11 is 0. The standard InChI is InChI=1S/C61H94O8P2/c1-52(2,3)39-25-29-43(46(33-39)56(13,14)15)51(69-71(65)66)60(37-62,38-67-70(63)64)61(44-30-26-40(53(4,5)6)34-47(44)57(16,17)18,45-31-27-41(54(7,8)9)35-48(45)58(19,20)21)68-50-32-28-42(55(10,11)12)36-49(50)59(22,23)24/h25-36,51,62-66H,37-38H2,1-24H3. The fourth-order valence-electron chi connectivity index (χ4n) is 9.83. The number of aliphatic hydroxyl groups is 1. The molecule has 0 aliphatic carbocycles. The van der Waals surface area contributed by atoms with Gasteiger partial charge < -0.3 is 38.5 Å². The highest BCUT2D eigenvalue weighted by Gasteiger charge is 2.65. The quantitative estimate of drug-likeness (QED) is 0.0838. The van der Waals surface area contributed by atoms with Gasteiger partial charge in [-0.15, -0.1) is 0 Å². The Morgan fingerprint density at radius 2 is 0.732 bits per heavy atom. The van der Waals surface area contributed by atoms with Gasteiger partial charge in [0, 0.05) is 11.1 Å². The lowest BCUT2D eigenvalue weighted by Crippen LogP contribution is -2.60. The molecule has 0 spiro atoms. The van der Waals surface area contributed by atoms with Gasteiger partial charge in [0.05, 0.1) is 18.6 Å². The molecule has 0 radical (unpaired) electrons. The average molecular weight is 1020 g/mol. The summed E-state index contributed by atoms with van der Waals surface area (Å²) in [6.45, 7) is 50.7. The first kappa shape index (κ1) is 60.8. The molecule has 0 fully saturated rings. The van der Waals surface area contributed by atoms with E-state index in [4.69, 9.17) is 13.8 Å². The van der Waals surface area contributed by atoms with Crippen LogP contribution in [0.4, 0.5) is 0 Å². The molecule has 0 aliphatic heterocycles. The molecule has 4 aromatic carbocycles. The molecular weight excluding hydrogens is 923 g/mol. The van der Waals surface area contributed by atoms with Crippen LogP contribution in [0.2, 0.25) is 0 Å². The molecule has 5 N–H and O–H groups in total. The van der Waals surface area contributed by atoms with Crippen molar-refractivity contribution in [1.82, 2.24) is 0 Å². The first-order valence-corrected chi connectivity index (χ1v) is 27.7. The third kappa shape index (κ3) is 13.4. The summed E-state index contributed by atoms with van der Waals surface area (Å²) < 4.78 is 21.3. The van der Waals surface area contributed by atoms with Gasteiger partial charge in [0.1, 0.15) is 11.9 Å².